The zero-order valence-electron chi connectivity index (χ0n) is 17.5. The number of halogens is 6. The van der Waals surface area contributed by atoms with Gasteiger partial charge in [0.1, 0.15) is 18.1 Å². The van der Waals surface area contributed by atoms with Crippen LogP contribution in [-0.4, -0.2) is 22.5 Å². The third-order valence-electron chi connectivity index (χ3n) is 4.78. The Morgan fingerprint density at radius 2 is 1.66 bits per heavy atom. The van der Waals surface area contributed by atoms with E-state index < -0.39 is 24.0 Å². The van der Waals surface area contributed by atoms with Crippen LogP contribution in [0, 0.1) is 0 Å². The largest absolute Gasteiger partial charge is 0.573 e. The lowest BCUT2D eigenvalue weighted by molar-refractivity contribution is -0.274. The number of nitrogens with zero attached hydrogens (tertiary/aromatic N) is 1. The highest BCUT2D eigenvalue weighted by Gasteiger charge is 2.31. The highest BCUT2D eigenvalue weighted by Crippen LogP contribution is 2.30. The molecule has 4 rings (SSSR count). The Kier molecular flexibility index (Phi) is 6.29. The molecular formula is C23H15F6N3O3. The number of hydrogen-bond acceptors (Lipinski definition) is 4. The molecule has 0 fully saturated rings. The molecule has 4 aromatic rings. The molecular weight excluding hydrogens is 480 g/mol. The predicted molar refractivity (Wildman–Crippen MR) is 113 cm³/mol. The van der Waals surface area contributed by atoms with Crippen LogP contribution in [0.25, 0.3) is 10.9 Å². The van der Waals surface area contributed by atoms with Crippen molar-refractivity contribution in [1.82, 2.24) is 10.2 Å². The Labute approximate surface area is 193 Å². The van der Waals surface area contributed by atoms with Crippen molar-refractivity contribution in [2.45, 2.75) is 19.1 Å². The molecule has 0 aliphatic rings. The number of alkyl halides is 6. The van der Waals surface area contributed by atoms with E-state index in [9.17, 15) is 31.1 Å². The topological polar surface area (TPSA) is 76.2 Å². The molecule has 1 aromatic heterocycles. The van der Waals surface area contributed by atoms with Gasteiger partial charge in [-0.1, -0.05) is 12.1 Å². The molecule has 35 heavy (non-hydrogen) atoms. The van der Waals surface area contributed by atoms with E-state index in [0.29, 0.717) is 22.2 Å². The average molecular weight is 495 g/mol. The maximum Gasteiger partial charge on any atom is 0.573 e. The Morgan fingerprint density at radius 3 is 2.34 bits per heavy atom. The van der Waals surface area contributed by atoms with Crippen LogP contribution in [-0.2, 0) is 12.8 Å². The van der Waals surface area contributed by atoms with E-state index >= 15 is 0 Å². The zero-order valence-corrected chi connectivity index (χ0v) is 17.5. The first-order valence-corrected chi connectivity index (χ1v) is 9.92. The maximum atomic E-state index is 12.7. The molecule has 3 aromatic carbocycles. The summed E-state index contributed by atoms with van der Waals surface area (Å²) < 4.78 is 84.9. The van der Waals surface area contributed by atoms with Gasteiger partial charge in [-0.2, -0.15) is 18.3 Å². The highest BCUT2D eigenvalue weighted by molar-refractivity contribution is 6.08. The molecule has 1 amide bonds. The summed E-state index contributed by atoms with van der Waals surface area (Å²) in [6, 6.07) is 13.8. The Bertz CT molecular complexity index is 1350. The first-order chi connectivity index (χ1) is 16.5. The fraction of sp³-hybridized carbons (Fsp3) is 0.130. The number of H-pyrrole nitrogens is 1. The number of benzene rings is 3. The summed E-state index contributed by atoms with van der Waals surface area (Å²) in [6.45, 7) is -0.0638. The number of fused-ring (bicyclic) bond motifs is 1. The molecule has 12 heteroatoms. The molecule has 0 radical (unpaired) electrons. The molecule has 0 bridgehead atoms. The van der Waals surface area contributed by atoms with Gasteiger partial charge < -0.3 is 14.8 Å². The molecule has 6 nitrogen and oxygen atoms in total. The highest BCUT2D eigenvalue weighted by atomic mass is 19.4. The molecule has 182 valence electrons. The van der Waals surface area contributed by atoms with Crippen LogP contribution in [0.3, 0.4) is 0 Å². The van der Waals surface area contributed by atoms with Crippen molar-refractivity contribution in [3.05, 3.63) is 83.4 Å². The van der Waals surface area contributed by atoms with Crippen molar-refractivity contribution < 1.29 is 40.6 Å². The van der Waals surface area contributed by atoms with Gasteiger partial charge >= 0.3 is 12.5 Å². The fourth-order valence-corrected chi connectivity index (χ4v) is 3.17. The molecule has 0 aliphatic heterocycles. The Balaban J connectivity index is 1.46. The second kappa shape index (κ2) is 9.20. The predicted octanol–water partition coefficient (Wildman–Crippen LogP) is 6.31. The van der Waals surface area contributed by atoms with Crippen LogP contribution in [0.5, 0.6) is 11.5 Å². The maximum absolute atomic E-state index is 12.7. The van der Waals surface area contributed by atoms with Gasteiger partial charge in [-0.15, -0.1) is 13.2 Å². The van der Waals surface area contributed by atoms with Gasteiger partial charge in [0.15, 0.2) is 5.82 Å². The minimum Gasteiger partial charge on any atom is -0.489 e. The van der Waals surface area contributed by atoms with Crippen molar-refractivity contribution in [3.8, 4) is 11.5 Å². The van der Waals surface area contributed by atoms with Gasteiger partial charge in [0.2, 0.25) is 0 Å². The second-order valence-electron chi connectivity index (χ2n) is 7.29. The Hall–Kier alpha value is -4.22. The SMILES string of the molecule is O=C(Nc1n[nH]c2ccc(OCc3cccc(OC(F)(F)F)c3)cc12)c1ccc(C(F)(F)F)cc1. The van der Waals surface area contributed by atoms with E-state index in [1.165, 1.54) is 18.2 Å². The van der Waals surface area contributed by atoms with Gasteiger partial charge in [0.25, 0.3) is 5.91 Å². The lowest BCUT2D eigenvalue weighted by Crippen LogP contribution is -2.17. The van der Waals surface area contributed by atoms with E-state index in [1.807, 2.05) is 0 Å². The zero-order chi connectivity index (χ0) is 25.2. The summed E-state index contributed by atoms with van der Waals surface area (Å²) in [7, 11) is 0. The van der Waals surface area contributed by atoms with Crippen LogP contribution < -0.4 is 14.8 Å². The molecule has 2 N–H and O–H groups in total. The summed E-state index contributed by atoms with van der Waals surface area (Å²) in [6.07, 6.45) is -9.33. The van der Waals surface area contributed by atoms with E-state index in [1.54, 1.807) is 24.3 Å². The van der Waals surface area contributed by atoms with Crippen LogP contribution in [0.15, 0.2) is 66.7 Å². The van der Waals surface area contributed by atoms with E-state index in [4.69, 9.17) is 4.74 Å². The summed E-state index contributed by atoms with van der Waals surface area (Å²) >= 11 is 0. The molecule has 1 heterocycles. The number of rotatable bonds is 6. The van der Waals surface area contributed by atoms with Crippen LogP contribution in [0.2, 0.25) is 0 Å². The standard InChI is InChI=1S/C23H15F6N3O3/c24-22(25,26)15-6-4-14(5-7-15)21(33)30-20-18-11-16(8-9-19(18)31-32-20)34-12-13-2-1-3-17(10-13)35-23(27,28)29/h1-11H,12H2,(H2,30,31,32,33). The molecule has 0 atom stereocenters. The van der Waals surface area contributed by atoms with Gasteiger partial charge in [0, 0.05) is 10.9 Å². The number of nitrogens with one attached hydrogen (secondary N) is 2. The summed E-state index contributed by atoms with van der Waals surface area (Å²) in [4.78, 5) is 12.5. The van der Waals surface area contributed by atoms with Crippen molar-refractivity contribution in [2.24, 2.45) is 0 Å². The third kappa shape index (κ3) is 6.02. The van der Waals surface area contributed by atoms with Crippen LogP contribution in [0.4, 0.5) is 32.2 Å². The number of carbonyl (C=O) groups excluding carboxylic acids is 1. The van der Waals surface area contributed by atoms with Crippen molar-refractivity contribution >= 4 is 22.6 Å². The fourth-order valence-electron chi connectivity index (χ4n) is 3.17. The second-order valence-corrected chi connectivity index (χ2v) is 7.29. The number of aromatic amines is 1. The van der Waals surface area contributed by atoms with Crippen LogP contribution in [0.1, 0.15) is 21.5 Å². The minimum atomic E-state index is -4.81. The van der Waals surface area contributed by atoms with Gasteiger partial charge in [-0.25, -0.2) is 0 Å². The molecule has 0 saturated carbocycles. The summed E-state index contributed by atoms with van der Waals surface area (Å²) in [5.41, 5.74) is 0.0922. The lowest BCUT2D eigenvalue weighted by atomic mass is 10.1. The smallest absolute Gasteiger partial charge is 0.489 e. The Morgan fingerprint density at radius 1 is 0.914 bits per heavy atom. The molecule has 0 spiro atoms. The number of carbonyl (C=O) groups is 1. The number of anilines is 1. The average Bonchev–Trinajstić information content (AvgIpc) is 3.18. The van der Waals surface area contributed by atoms with E-state index in [-0.39, 0.29) is 23.7 Å². The number of amides is 1. The van der Waals surface area contributed by atoms with E-state index in [2.05, 4.69) is 20.3 Å². The molecule has 0 saturated heterocycles. The normalized spacial score (nSPS) is 11.9. The van der Waals surface area contributed by atoms with E-state index in [0.717, 1.165) is 24.3 Å². The first-order valence-electron chi connectivity index (χ1n) is 9.92. The lowest BCUT2D eigenvalue weighted by Gasteiger charge is -2.11. The number of hydrogen-bond donors (Lipinski definition) is 2. The third-order valence-corrected chi connectivity index (χ3v) is 4.78. The number of aromatic nitrogens is 2. The quantitative estimate of drug-likeness (QED) is 0.308. The molecule has 0 aliphatic carbocycles. The monoisotopic (exact) mass is 495 g/mol. The summed E-state index contributed by atoms with van der Waals surface area (Å²) in [5.74, 6) is -0.584. The van der Waals surface area contributed by atoms with Crippen molar-refractivity contribution in [2.75, 3.05) is 5.32 Å². The molecule has 0 unspecified atom stereocenters. The van der Waals surface area contributed by atoms with Crippen molar-refractivity contribution in [1.29, 1.82) is 0 Å². The van der Waals surface area contributed by atoms with Crippen LogP contribution >= 0.6 is 0 Å². The number of ether oxygens (including phenoxy) is 2. The van der Waals surface area contributed by atoms with Gasteiger partial charge in [0.05, 0.1) is 11.1 Å². The van der Waals surface area contributed by atoms with Crippen molar-refractivity contribution in [3.63, 3.8) is 0 Å². The van der Waals surface area contributed by atoms with Gasteiger partial charge in [-0.05, 0) is 60.2 Å². The summed E-state index contributed by atoms with van der Waals surface area (Å²) in [5, 5.41) is 9.70. The first kappa shape index (κ1) is 23.9. The minimum absolute atomic E-state index is 0.00233. The van der Waals surface area contributed by atoms with Gasteiger partial charge in [-0.3, -0.25) is 9.89 Å².